The third-order valence-corrected chi connectivity index (χ3v) is 8.63. The fourth-order valence-electron chi connectivity index (χ4n) is 3.25. The summed E-state index contributed by atoms with van der Waals surface area (Å²) in [5.41, 5.74) is 5.62. The van der Waals surface area contributed by atoms with Crippen LogP contribution in [0.3, 0.4) is 0 Å². The van der Waals surface area contributed by atoms with E-state index in [0.29, 0.717) is 0 Å². The summed E-state index contributed by atoms with van der Waals surface area (Å²) in [6.07, 6.45) is 2.04. The first-order valence-corrected chi connectivity index (χ1v) is 12.9. The second kappa shape index (κ2) is 8.98. The molecule has 2 aromatic carbocycles. The van der Waals surface area contributed by atoms with Gasteiger partial charge in [-0.2, -0.15) is 0 Å². The van der Waals surface area contributed by atoms with Crippen LogP contribution in [0.5, 0.6) is 0 Å². The molecule has 4 rings (SSSR count). The van der Waals surface area contributed by atoms with Gasteiger partial charge in [-0.15, -0.1) is 22.7 Å². The Morgan fingerprint density at radius 1 is 0.607 bits per heavy atom. The van der Waals surface area contributed by atoms with Crippen molar-refractivity contribution >= 4 is 67.9 Å². The van der Waals surface area contributed by atoms with Gasteiger partial charge in [0.25, 0.3) is 0 Å². The summed E-state index contributed by atoms with van der Waals surface area (Å²) in [6, 6.07) is 22.6. The van der Waals surface area contributed by atoms with E-state index in [4.69, 9.17) is 0 Å². The van der Waals surface area contributed by atoms with Crippen molar-refractivity contribution in [3.63, 3.8) is 0 Å². The summed E-state index contributed by atoms with van der Waals surface area (Å²) in [7, 11) is 0. The van der Waals surface area contributed by atoms with Gasteiger partial charge in [0.05, 0.1) is 0 Å². The van der Waals surface area contributed by atoms with E-state index in [1.54, 1.807) is 0 Å². The van der Waals surface area contributed by atoms with E-state index < -0.39 is 0 Å². The van der Waals surface area contributed by atoms with Gasteiger partial charge in [0.1, 0.15) is 0 Å². The van der Waals surface area contributed by atoms with Gasteiger partial charge in [-0.25, -0.2) is 0 Å². The lowest BCUT2D eigenvalue weighted by Gasteiger charge is -2.05. The number of hydrogen-bond donors (Lipinski definition) is 0. The second-order valence-corrected chi connectivity index (χ2v) is 11.9. The largest absolute Gasteiger partial charge is 0.139 e. The fourth-order valence-corrected chi connectivity index (χ4v) is 6.51. The molecule has 0 atom stereocenters. The minimum Gasteiger partial charge on any atom is -0.139 e. The second-order valence-electron chi connectivity index (χ2n) is 7.03. The first kappa shape index (κ1) is 20.6. The standard InChI is InChI=1S/C24H20I2S2/c1-15-3-5-19(25)11-17(15)13-21-7-9-23(27-21)24-10-8-22(28-24)14-18-12-20(26)6-4-16(18)2/h3-12H,13-14H2,1-2H3. The number of halogens is 2. The third kappa shape index (κ3) is 4.89. The highest BCUT2D eigenvalue weighted by atomic mass is 127. The van der Waals surface area contributed by atoms with Crippen molar-refractivity contribution in [3.8, 4) is 9.75 Å². The van der Waals surface area contributed by atoms with Crippen molar-refractivity contribution in [1.82, 2.24) is 0 Å². The molecule has 0 aliphatic carbocycles. The van der Waals surface area contributed by atoms with Crippen LogP contribution in [0.1, 0.15) is 32.0 Å². The molecular weight excluding hydrogens is 606 g/mol. The molecule has 0 saturated carbocycles. The molecule has 0 fully saturated rings. The number of aryl methyl sites for hydroxylation is 2. The zero-order valence-corrected chi connectivity index (χ0v) is 21.7. The van der Waals surface area contributed by atoms with Crippen LogP contribution in [0.15, 0.2) is 60.7 Å². The van der Waals surface area contributed by atoms with Gasteiger partial charge in [-0.1, -0.05) is 12.1 Å². The van der Waals surface area contributed by atoms with Crippen molar-refractivity contribution in [2.45, 2.75) is 26.7 Å². The Hall–Kier alpha value is -0.700. The highest BCUT2D eigenvalue weighted by molar-refractivity contribution is 14.1. The van der Waals surface area contributed by atoms with Crippen LogP contribution >= 0.6 is 67.9 Å². The number of hydrogen-bond acceptors (Lipinski definition) is 2. The molecular formula is C24H20I2S2. The van der Waals surface area contributed by atoms with Gasteiger partial charge >= 0.3 is 0 Å². The highest BCUT2D eigenvalue weighted by Crippen LogP contribution is 2.35. The molecule has 0 bridgehead atoms. The molecule has 0 aliphatic rings. The average Bonchev–Trinajstić information content (AvgIpc) is 3.31. The summed E-state index contributed by atoms with van der Waals surface area (Å²) in [6.45, 7) is 4.41. The number of thiophene rings is 2. The fraction of sp³-hybridized carbons (Fsp3) is 0.167. The Labute approximate surface area is 202 Å². The Bertz CT molecular complexity index is 1030. The molecule has 0 amide bonds. The molecule has 4 heteroatoms. The highest BCUT2D eigenvalue weighted by Gasteiger charge is 2.10. The Morgan fingerprint density at radius 2 is 1.04 bits per heavy atom. The SMILES string of the molecule is Cc1ccc(I)cc1Cc1ccc(-c2ccc(Cc3cc(I)ccc3C)s2)s1. The van der Waals surface area contributed by atoms with Gasteiger partial charge < -0.3 is 0 Å². The summed E-state index contributed by atoms with van der Waals surface area (Å²) < 4.78 is 2.62. The molecule has 2 heterocycles. The predicted molar refractivity (Wildman–Crippen MR) is 141 cm³/mol. The Kier molecular flexibility index (Phi) is 6.60. The van der Waals surface area contributed by atoms with Gasteiger partial charge in [0, 0.05) is 39.5 Å². The van der Waals surface area contributed by atoms with E-state index in [9.17, 15) is 0 Å². The summed E-state index contributed by atoms with van der Waals surface area (Å²) in [4.78, 5) is 5.63. The van der Waals surface area contributed by atoms with E-state index in [-0.39, 0.29) is 0 Å². The lowest BCUT2D eigenvalue weighted by molar-refractivity contribution is 1.19. The molecule has 0 unspecified atom stereocenters. The molecule has 0 N–H and O–H groups in total. The van der Waals surface area contributed by atoms with Crippen molar-refractivity contribution < 1.29 is 0 Å². The van der Waals surface area contributed by atoms with E-state index in [1.165, 1.54) is 48.9 Å². The summed E-state index contributed by atoms with van der Waals surface area (Å²) in [5.74, 6) is 0. The third-order valence-electron chi connectivity index (χ3n) is 4.92. The topological polar surface area (TPSA) is 0 Å². The van der Waals surface area contributed by atoms with Crippen LogP contribution in [-0.4, -0.2) is 0 Å². The van der Waals surface area contributed by atoms with Crippen LogP contribution in [-0.2, 0) is 12.8 Å². The van der Waals surface area contributed by atoms with E-state index in [2.05, 4.69) is 120 Å². The van der Waals surface area contributed by atoms with Gasteiger partial charge in [-0.3, -0.25) is 0 Å². The van der Waals surface area contributed by atoms with E-state index in [0.717, 1.165) is 12.8 Å². The van der Waals surface area contributed by atoms with Crippen LogP contribution in [0.4, 0.5) is 0 Å². The molecule has 142 valence electrons. The Morgan fingerprint density at radius 3 is 1.46 bits per heavy atom. The minimum absolute atomic E-state index is 1.02. The lowest BCUT2D eigenvalue weighted by atomic mass is 10.1. The molecule has 0 saturated heterocycles. The molecule has 4 aromatic rings. The van der Waals surface area contributed by atoms with Crippen LogP contribution in [0.25, 0.3) is 9.75 Å². The number of rotatable bonds is 5. The van der Waals surface area contributed by atoms with E-state index >= 15 is 0 Å². The Balaban J connectivity index is 1.52. The first-order chi connectivity index (χ1) is 13.5. The predicted octanol–water partition coefficient (Wildman–Crippen LogP) is 8.48. The van der Waals surface area contributed by atoms with Gasteiger partial charge in [0.15, 0.2) is 0 Å². The summed E-state index contributed by atoms with van der Waals surface area (Å²) >= 11 is 8.65. The van der Waals surface area contributed by atoms with E-state index in [1.807, 2.05) is 22.7 Å². The van der Waals surface area contributed by atoms with Gasteiger partial charge in [-0.05, 0) is 130 Å². The van der Waals surface area contributed by atoms with Crippen molar-refractivity contribution in [3.05, 3.63) is 99.8 Å². The molecule has 2 aromatic heterocycles. The lowest BCUT2D eigenvalue weighted by Crippen LogP contribution is -1.90. The van der Waals surface area contributed by atoms with Gasteiger partial charge in [0.2, 0.25) is 0 Å². The minimum atomic E-state index is 1.02. The molecule has 0 spiro atoms. The zero-order valence-electron chi connectivity index (χ0n) is 15.8. The smallest absolute Gasteiger partial charge is 0.0445 e. The van der Waals surface area contributed by atoms with Crippen LogP contribution < -0.4 is 0 Å². The zero-order chi connectivity index (χ0) is 19.7. The summed E-state index contributed by atoms with van der Waals surface area (Å²) in [5, 5.41) is 0. The van der Waals surface area contributed by atoms with Crippen molar-refractivity contribution in [1.29, 1.82) is 0 Å². The number of benzene rings is 2. The maximum atomic E-state index is 2.40. The normalized spacial score (nSPS) is 11.1. The quantitative estimate of drug-likeness (QED) is 0.195. The molecule has 0 nitrogen and oxygen atoms in total. The van der Waals surface area contributed by atoms with Crippen LogP contribution in [0, 0.1) is 21.0 Å². The van der Waals surface area contributed by atoms with Crippen molar-refractivity contribution in [2.75, 3.05) is 0 Å². The van der Waals surface area contributed by atoms with Crippen molar-refractivity contribution in [2.24, 2.45) is 0 Å². The monoisotopic (exact) mass is 626 g/mol. The maximum absolute atomic E-state index is 2.40. The van der Waals surface area contributed by atoms with Crippen LogP contribution in [0.2, 0.25) is 0 Å². The molecule has 0 aliphatic heterocycles. The molecule has 0 radical (unpaired) electrons. The molecule has 28 heavy (non-hydrogen) atoms. The average molecular weight is 626 g/mol. The first-order valence-electron chi connectivity index (χ1n) is 9.16. The maximum Gasteiger partial charge on any atom is 0.0445 e.